The predicted octanol–water partition coefficient (Wildman–Crippen LogP) is 3.00. The molecule has 0 bridgehead atoms. The first-order valence-electron chi connectivity index (χ1n) is 9.20. The van der Waals surface area contributed by atoms with E-state index in [-0.39, 0.29) is 11.5 Å². The second kappa shape index (κ2) is 7.31. The topological polar surface area (TPSA) is 38.8 Å². The number of nitrogens with zero attached hydrogens (tertiary/aromatic N) is 1. The van der Waals surface area contributed by atoms with Crippen LogP contribution in [0.3, 0.4) is 0 Å². The summed E-state index contributed by atoms with van der Waals surface area (Å²) in [7, 11) is 0. The molecule has 2 heterocycles. The molecule has 1 spiro atoms. The first-order chi connectivity index (χ1) is 10.7. The Labute approximate surface area is 134 Å². The fraction of sp³-hybridized carbons (Fsp3) is 0.944. The van der Waals surface area contributed by atoms with E-state index in [2.05, 4.69) is 0 Å². The molecule has 1 atom stereocenters. The van der Waals surface area contributed by atoms with Crippen LogP contribution in [0.4, 0.5) is 0 Å². The summed E-state index contributed by atoms with van der Waals surface area (Å²) in [5.41, 5.74) is 0.0456. The summed E-state index contributed by atoms with van der Waals surface area (Å²) >= 11 is 0. The lowest BCUT2D eigenvalue weighted by Gasteiger charge is -2.46. The molecular weight excluding hydrogens is 278 g/mol. The Balaban J connectivity index is 1.40. The molecule has 0 aromatic carbocycles. The normalized spacial score (nSPS) is 28.0. The van der Waals surface area contributed by atoms with E-state index in [1.165, 1.54) is 25.7 Å². The molecule has 4 heteroatoms. The van der Waals surface area contributed by atoms with Crippen molar-refractivity contribution >= 4 is 5.91 Å². The smallest absolute Gasteiger partial charge is 0.222 e. The molecule has 1 amide bonds. The van der Waals surface area contributed by atoms with Gasteiger partial charge >= 0.3 is 0 Å². The first kappa shape index (κ1) is 16.3. The minimum absolute atomic E-state index is 0.0456. The number of piperidine rings is 1. The summed E-state index contributed by atoms with van der Waals surface area (Å²) in [5.74, 6) is 1.89. The largest absolute Gasteiger partial charge is 0.381 e. The summed E-state index contributed by atoms with van der Waals surface area (Å²) in [4.78, 5) is 13.8. The minimum atomic E-state index is 0.0456. The highest BCUT2D eigenvalue weighted by molar-refractivity contribution is 5.75. The highest BCUT2D eigenvalue weighted by Gasteiger charge is 2.40. The zero-order chi connectivity index (χ0) is 15.4. The van der Waals surface area contributed by atoms with Gasteiger partial charge in [0, 0.05) is 39.3 Å². The summed E-state index contributed by atoms with van der Waals surface area (Å²) < 4.78 is 12.0. The SMILES string of the molecule is CCC(=O)N1CCC2(CC1)CC(CCOCC1CC1)CCO2. The number of carbonyl (C=O) groups is 1. The predicted molar refractivity (Wildman–Crippen MR) is 85.7 cm³/mol. The molecule has 3 rings (SSSR count). The third-order valence-electron chi connectivity index (χ3n) is 5.65. The van der Waals surface area contributed by atoms with E-state index in [1.807, 2.05) is 11.8 Å². The summed E-state index contributed by atoms with van der Waals surface area (Å²) in [6, 6.07) is 0. The molecule has 0 N–H and O–H groups in total. The molecule has 2 aliphatic heterocycles. The Morgan fingerprint density at radius 3 is 2.68 bits per heavy atom. The van der Waals surface area contributed by atoms with Crippen LogP contribution in [0, 0.1) is 11.8 Å². The Kier molecular flexibility index (Phi) is 5.40. The van der Waals surface area contributed by atoms with Crippen LogP contribution >= 0.6 is 0 Å². The lowest BCUT2D eigenvalue weighted by Crippen LogP contribution is -2.50. The van der Waals surface area contributed by atoms with Crippen LogP contribution in [0.15, 0.2) is 0 Å². The summed E-state index contributed by atoms with van der Waals surface area (Å²) in [5, 5.41) is 0. The molecule has 3 aliphatic rings. The summed E-state index contributed by atoms with van der Waals surface area (Å²) in [6.45, 7) is 6.46. The van der Waals surface area contributed by atoms with Crippen LogP contribution in [0.1, 0.15) is 58.3 Å². The van der Waals surface area contributed by atoms with Crippen molar-refractivity contribution < 1.29 is 14.3 Å². The summed E-state index contributed by atoms with van der Waals surface area (Å²) in [6.07, 6.45) is 8.89. The number of likely N-dealkylation sites (tertiary alicyclic amines) is 1. The second-order valence-corrected chi connectivity index (χ2v) is 7.43. The average molecular weight is 309 g/mol. The Morgan fingerprint density at radius 1 is 1.23 bits per heavy atom. The van der Waals surface area contributed by atoms with Crippen LogP contribution < -0.4 is 0 Å². The highest BCUT2D eigenvalue weighted by Crippen LogP contribution is 2.39. The zero-order valence-electron chi connectivity index (χ0n) is 14.0. The van der Waals surface area contributed by atoms with E-state index < -0.39 is 0 Å². The van der Waals surface area contributed by atoms with Gasteiger partial charge in [-0.25, -0.2) is 0 Å². The first-order valence-corrected chi connectivity index (χ1v) is 9.20. The third kappa shape index (κ3) is 4.23. The molecule has 0 radical (unpaired) electrons. The second-order valence-electron chi connectivity index (χ2n) is 7.43. The number of carbonyl (C=O) groups excluding carboxylic acids is 1. The Hall–Kier alpha value is -0.610. The van der Waals surface area contributed by atoms with Crippen molar-refractivity contribution in [1.82, 2.24) is 4.90 Å². The third-order valence-corrected chi connectivity index (χ3v) is 5.65. The van der Waals surface area contributed by atoms with Crippen LogP contribution in [0.5, 0.6) is 0 Å². The molecule has 2 saturated heterocycles. The van der Waals surface area contributed by atoms with Gasteiger partial charge in [-0.15, -0.1) is 0 Å². The van der Waals surface area contributed by atoms with Gasteiger partial charge in [0.15, 0.2) is 0 Å². The van der Waals surface area contributed by atoms with E-state index in [0.29, 0.717) is 6.42 Å². The highest BCUT2D eigenvalue weighted by atomic mass is 16.5. The van der Waals surface area contributed by atoms with Crippen LogP contribution in [-0.2, 0) is 14.3 Å². The van der Waals surface area contributed by atoms with Crippen molar-refractivity contribution in [3.05, 3.63) is 0 Å². The van der Waals surface area contributed by atoms with Crippen LogP contribution in [-0.4, -0.2) is 49.3 Å². The van der Waals surface area contributed by atoms with Crippen LogP contribution in [0.2, 0.25) is 0 Å². The number of rotatable bonds is 6. The molecule has 4 nitrogen and oxygen atoms in total. The lowest BCUT2D eigenvalue weighted by atomic mass is 9.78. The van der Waals surface area contributed by atoms with E-state index in [0.717, 1.165) is 64.0 Å². The number of amides is 1. The molecular formula is C18H31NO3. The number of hydrogen-bond acceptors (Lipinski definition) is 3. The van der Waals surface area contributed by atoms with Gasteiger partial charge in [0.1, 0.15) is 0 Å². The van der Waals surface area contributed by atoms with Gasteiger partial charge in [0.2, 0.25) is 5.91 Å². The van der Waals surface area contributed by atoms with E-state index in [1.54, 1.807) is 0 Å². The van der Waals surface area contributed by atoms with Crippen LogP contribution in [0.25, 0.3) is 0 Å². The van der Waals surface area contributed by atoms with Crippen molar-refractivity contribution in [3.8, 4) is 0 Å². The molecule has 1 saturated carbocycles. The monoisotopic (exact) mass is 309 g/mol. The number of ether oxygens (including phenoxy) is 2. The zero-order valence-corrected chi connectivity index (χ0v) is 14.0. The van der Waals surface area contributed by atoms with Gasteiger partial charge in [-0.3, -0.25) is 4.79 Å². The van der Waals surface area contributed by atoms with Crippen molar-refractivity contribution in [1.29, 1.82) is 0 Å². The van der Waals surface area contributed by atoms with Crippen molar-refractivity contribution in [2.75, 3.05) is 32.9 Å². The van der Waals surface area contributed by atoms with Gasteiger partial charge in [0.25, 0.3) is 0 Å². The fourth-order valence-corrected chi connectivity index (χ4v) is 3.90. The van der Waals surface area contributed by atoms with Crippen molar-refractivity contribution in [3.63, 3.8) is 0 Å². The van der Waals surface area contributed by atoms with Gasteiger partial charge in [-0.1, -0.05) is 6.92 Å². The van der Waals surface area contributed by atoms with Gasteiger partial charge < -0.3 is 14.4 Å². The van der Waals surface area contributed by atoms with E-state index in [9.17, 15) is 4.79 Å². The molecule has 0 aromatic rings. The van der Waals surface area contributed by atoms with Crippen molar-refractivity contribution in [2.24, 2.45) is 11.8 Å². The van der Waals surface area contributed by atoms with Gasteiger partial charge in [-0.05, 0) is 56.8 Å². The molecule has 22 heavy (non-hydrogen) atoms. The fourth-order valence-electron chi connectivity index (χ4n) is 3.90. The molecule has 3 fully saturated rings. The van der Waals surface area contributed by atoms with Gasteiger partial charge in [0.05, 0.1) is 5.60 Å². The maximum absolute atomic E-state index is 11.8. The molecule has 0 aromatic heterocycles. The maximum Gasteiger partial charge on any atom is 0.222 e. The Bertz CT molecular complexity index is 373. The molecule has 1 aliphatic carbocycles. The van der Waals surface area contributed by atoms with Crippen molar-refractivity contribution in [2.45, 2.75) is 63.9 Å². The molecule has 126 valence electrons. The molecule has 1 unspecified atom stereocenters. The average Bonchev–Trinajstić information content (AvgIpc) is 3.36. The van der Waals surface area contributed by atoms with E-state index in [4.69, 9.17) is 9.47 Å². The Morgan fingerprint density at radius 2 is 2.00 bits per heavy atom. The van der Waals surface area contributed by atoms with Gasteiger partial charge in [-0.2, -0.15) is 0 Å². The standard InChI is InChI=1S/C18H31NO3/c1-2-17(20)19-9-7-18(8-10-19)13-15(6-12-22-18)5-11-21-14-16-3-4-16/h15-16H,2-14H2,1H3. The quantitative estimate of drug-likeness (QED) is 0.708. The van der Waals surface area contributed by atoms with E-state index >= 15 is 0 Å². The lowest BCUT2D eigenvalue weighted by molar-refractivity contribution is -0.147. The maximum atomic E-state index is 11.8. The minimum Gasteiger partial charge on any atom is -0.381 e. The number of hydrogen-bond donors (Lipinski definition) is 0.